The monoisotopic (exact) mass is 346 g/mol. The minimum Gasteiger partial charge on any atom is -0.472 e. The van der Waals surface area contributed by atoms with Crippen LogP contribution in [-0.4, -0.2) is 45.8 Å². The Hall–Kier alpha value is -1.87. The van der Waals surface area contributed by atoms with Gasteiger partial charge in [-0.1, -0.05) is 0 Å². The summed E-state index contributed by atoms with van der Waals surface area (Å²) in [5, 5.41) is 11.8. The smallest absolute Gasteiger partial charge is 0.417 e. The molecule has 0 spiro atoms. The Kier molecular flexibility index (Phi) is 3.93. The van der Waals surface area contributed by atoms with Gasteiger partial charge >= 0.3 is 6.18 Å². The van der Waals surface area contributed by atoms with Gasteiger partial charge < -0.3 is 14.4 Å². The lowest BCUT2D eigenvalue weighted by Gasteiger charge is -2.38. The second-order valence-electron chi connectivity index (χ2n) is 5.37. The average Bonchev–Trinajstić information content (AvgIpc) is 3.17. The number of piperidine rings is 1. The Morgan fingerprint density at radius 3 is 2.65 bits per heavy atom. The number of likely N-dealkylation sites (tertiary alicyclic amines) is 1. The summed E-state index contributed by atoms with van der Waals surface area (Å²) in [6.07, 6.45) is -2.75. The predicted molar refractivity (Wildman–Crippen MR) is 76.0 cm³/mol. The Bertz CT molecular complexity index is 688. The summed E-state index contributed by atoms with van der Waals surface area (Å²) in [6.45, 7) is -0.319. The van der Waals surface area contributed by atoms with Gasteiger partial charge in [-0.3, -0.25) is 4.79 Å². The summed E-state index contributed by atoms with van der Waals surface area (Å²) in [6, 6.07) is 1.71. The maximum absolute atomic E-state index is 12.8. The molecule has 0 bridgehead atoms. The molecule has 0 radical (unpaired) electrons. The van der Waals surface area contributed by atoms with Gasteiger partial charge in [-0.25, -0.2) is 4.98 Å². The van der Waals surface area contributed by atoms with Crippen LogP contribution in [0, 0.1) is 0 Å². The van der Waals surface area contributed by atoms with E-state index >= 15 is 0 Å². The van der Waals surface area contributed by atoms with Crippen molar-refractivity contribution in [3.05, 3.63) is 29.7 Å². The predicted octanol–water partition coefficient (Wildman–Crippen LogP) is 2.93. The van der Waals surface area contributed by atoms with Gasteiger partial charge in [-0.05, 0) is 6.07 Å². The van der Waals surface area contributed by atoms with Gasteiger partial charge in [0.2, 0.25) is 0 Å². The zero-order valence-electron chi connectivity index (χ0n) is 11.8. The van der Waals surface area contributed by atoms with Crippen LogP contribution in [0.4, 0.5) is 13.2 Å². The molecule has 124 valence electrons. The molecule has 2 aromatic heterocycles. The number of hydrogen-bond donors (Lipinski definition) is 1. The quantitative estimate of drug-likeness (QED) is 0.908. The molecule has 5 nitrogen and oxygen atoms in total. The number of aliphatic hydroxyl groups is 1. The molecule has 3 rings (SSSR count). The van der Waals surface area contributed by atoms with Gasteiger partial charge in [0.05, 0.1) is 6.26 Å². The van der Waals surface area contributed by atoms with Crippen molar-refractivity contribution in [2.24, 2.45) is 0 Å². The molecule has 1 saturated heterocycles. The highest BCUT2D eigenvalue weighted by atomic mass is 32.1. The number of halogens is 3. The van der Waals surface area contributed by atoms with Crippen molar-refractivity contribution < 1.29 is 27.5 Å². The third-order valence-electron chi connectivity index (χ3n) is 3.90. The van der Waals surface area contributed by atoms with E-state index in [9.17, 15) is 23.1 Å². The highest BCUT2D eigenvalue weighted by Gasteiger charge is 2.55. The van der Waals surface area contributed by atoms with E-state index in [0.717, 1.165) is 5.56 Å². The number of thiazole rings is 1. The number of aromatic nitrogens is 1. The molecular formula is C14H13F3N2O3S. The van der Waals surface area contributed by atoms with E-state index < -0.39 is 30.5 Å². The van der Waals surface area contributed by atoms with E-state index in [-0.39, 0.29) is 18.8 Å². The number of carbonyl (C=O) groups is 1. The van der Waals surface area contributed by atoms with E-state index in [4.69, 9.17) is 4.42 Å². The van der Waals surface area contributed by atoms with Crippen molar-refractivity contribution in [2.75, 3.05) is 13.1 Å². The summed E-state index contributed by atoms with van der Waals surface area (Å²) in [4.78, 5) is 17.8. The van der Waals surface area contributed by atoms with Crippen molar-refractivity contribution in [2.45, 2.75) is 24.6 Å². The standard InChI is InChI=1S/C14H13F3N2O3S/c15-14(16,17)13(21)2-4-19(5-3-13)12(20)10-8-23-11(18-10)9-1-6-22-7-9/h1,6-8,21H,2-5H2. The Morgan fingerprint density at radius 1 is 1.39 bits per heavy atom. The number of carbonyl (C=O) groups excluding carboxylic acids is 1. The van der Waals surface area contributed by atoms with E-state index in [1.165, 1.54) is 28.8 Å². The lowest BCUT2D eigenvalue weighted by Crippen LogP contribution is -2.54. The van der Waals surface area contributed by atoms with Crippen LogP contribution >= 0.6 is 11.3 Å². The van der Waals surface area contributed by atoms with E-state index in [0.29, 0.717) is 5.01 Å². The molecule has 1 fully saturated rings. The van der Waals surface area contributed by atoms with Crippen molar-refractivity contribution >= 4 is 17.2 Å². The van der Waals surface area contributed by atoms with Crippen molar-refractivity contribution in [3.63, 3.8) is 0 Å². The lowest BCUT2D eigenvalue weighted by molar-refractivity contribution is -0.271. The third kappa shape index (κ3) is 2.98. The number of alkyl halides is 3. The minimum atomic E-state index is -4.68. The fraction of sp³-hybridized carbons (Fsp3) is 0.429. The molecule has 1 aliphatic heterocycles. The normalized spacial score (nSPS) is 18.2. The van der Waals surface area contributed by atoms with Crippen LogP contribution in [0.25, 0.3) is 10.6 Å². The first-order valence-corrected chi connectivity index (χ1v) is 7.75. The fourth-order valence-electron chi connectivity index (χ4n) is 2.42. The number of amides is 1. The zero-order chi connectivity index (χ0) is 16.7. The Morgan fingerprint density at radius 2 is 2.09 bits per heavy atom. The number of furan rings is 1. The molecule has 0 aliphatic carbocycles. The molecule has 3 heterocycles. The summed E-state index contributed by atoms with van der Waals surface area (Å²) in [5.41, 5.74) is -1.80. The molecule has 23 heavy (non-hydrogen) atoms. The van der Waals surface area contributed by atoms with Gasteiger partial charge in [0.15, 0.2) is 5.60 Å². The Labute approximate surface area is 133 Å². The molecule has 0 atom stereocenters. The molecule has 0 saturated carbocycles. The highest BCUT2D eigenvalue weighted by Crippen LogP contribution is 2.38. The number of hydrogen-bond acceptors (Lipinski definition) is 5. The first kappa shape index (κ1) is 16.0. The molecule has 0 aromatic carbocycles. The topological polar surface area (TPSA) is 66.6 Å². The lowest BCUT2D eigenvalue weighted by atomic mass is 9.90. The van der Waals surface area contributed by atoms with Gasteiger partial charge in [0.1, 0.15) is 17.0 Å². The van der Waals surface area contributed by atoms with Crippen LogP contribution in [-0.2, 0) is 0 Å². The van der Waals surface area contributed by atoms with Gasteiger partial charge in [-0.2, -0.15) is 13.2 Å². The van der Waals surface area contributed by atoms with Crippen LogP contribution in [0.5, 0.6) is 0 Å². The van der Waals surface area contributed by atoms with E-state index in [2.05, 4.69) is 4.98 Å². The maximum atomic E-state index is 12.8. The van der Waals surface area contributed by atoms with E-state index in [1.807, 2.05) is 0 Å². The van der Waals surface area contributed by atoms with Crippen LogP contribution in [0.15, 0.2) is 28.4 Å². The molecule has 0 unspecified atom stereocenters. The molecule has 1 N–H and O–H groups in total. The van der Waals surface area contributed by atoms with Crippen molar-refractivity contribution in [1.29, 1.82) is 0 Å². The summed E-state index contributed by atoms with van der Waals surface area (Å²) in [5.74, 6) is -0.430. The maximum Gasteiger partial charge on any atom is 0.417 e. The second kappa shape index (κ2) is 5.64. The second-order valence-corrected chi connectivity index (χ2v) is 6.23. The van der Waals surface area contributed by atoms with Gasteiger partial charge in [0.25, 0.3) is 5.91 Å². The third-order valence-corrected chi connectivity index (χ3v) is 4.79. The van der Waals surface area contributed by atoms with Gasteiger partial charge in [0, 0.05) is 36.9 Å². The summed E-state index contributed by atoms with van der Waals surface area (Å²) in [7, 11) is 0. The number of rotatable bonds is 2. The average molecular weight is 346 g/mol. The molecule has 2 aromatic rings. The molecule has 1 amide bonds. The van der Waals surface area contributed by atoms with Crippen LogP contribution in [0.3, 0.4) is 0 Å². The fourth-order valence-corrected chi connectivity index (χ4v) is 3.20. The van der Waals surface area contributed by atoms with E-state index in [1.54, 1.807) is 11.4 Å². The van der Waals surface area contributed by atoms with Crippen molar-refractivity contribution in [3.8, 4) is 10.6 Å². The van der Waals surface area contributed by atoms with Gasteiger partial charge in [-0.15, -0.1) is 11.3 Å². The summed E-state index contributed by atoms with van der Waals surface area (Å²) >= 11 is 1.26. The first-order valence-electron chi connectivity index (χ1n) is 6.87. The van der Waals surface area contributed by atoms with Crippen LogP contribution in [0.1, 0.15) is 23.3 Å². The first-order chi connectivity index (χ1) is 10.8. The summed E-state index contributed by atoms with van der Waals surface area (Å²) < 4.78 is 43.2. The van der Waals surface area contributed by atoms with Crippen molar-refractivity contribution in [1.82, 2.24) is 9.88 Å². The molecular weight excluding hydrogens is 333 g/mol. The molecule has 1 aliphatic rings. The van der Waals surface area contributed by atoms with Crippen LogP contribution in [0.2, 0.25) is 0 Å². The SMILES string of the molecule is O=C(c1csc(-c2ccoc2)n1)N1CCC(O)(C(F)(F)F)CC1. The molecule has 9 heteroatoms. The number of nitrogens with zero attached hydrogens (tertiary/aromatic N) is 2. The highest BCUT2D eigenvalue weighted by molar-refractivity contribution is 7.13. The minimum absolute atomic E-state index is 0.159. The largest absolute Gasteiger partial charge is 0.472 e. The Balaban J connectivity index is 1.69. The zero-order valence-corrected chi connectivity index (χ0v) is 12.7. The van der Waals surface area contributed by atoms with Crippen LogP contribution < -0.4 is 0 Å².